The van der Waals surface area contributed by atoms with E-state index in [2.05, 4.69) is 0 Å². The molecule has 104 valence electrons. The van der Waals surface area contributed by atoms with E-state index in [1.54, 1.807) is 0 Å². The van der Waals surface area contributed by atoms with Gasteiger partial charge < -0.3 is 5.11 Å². The fourth-order valence-corrected chi connectivity index (χ4v) is 1.95. The number of hydrogen-bond donors (Lipinski definition) is 1. The van der Waals surface area contributed by atoms with Crippen LogP contribution in [0.2, 0.25) is 0 Å². The predicted molar refractivity (Wildman–Crippen MR) is 74.9 cm³/mol. The zero-order valence-electron chi connectivity index (χ0n) is 11.8. The summed E-state index contributed by atoms with van der Waals surface area (Å²) in [6.45, 7) is 5.83. The molecule has 0 aromatic heterocycles. The van der Waals surface area contributed by atoms with Gasteiger partial charge in [0.1, 0.15) is 5.78 Å². The average molecular weight is 262 g/mol. The first-order valence-corrected chi connectivity index (χ1v) is 6.71. The first-order chi connectivity index (χ1) is 8.91. The van der Waals surface area contributed by atoms with Crippen molar-refractivity contribution >= 4 is 11.8 Å². The summed E-state index contributed by atoms with van der Waals surface area (Å²) < 4.78 is 0. The van der Waals surface area contributed by atoms with Gasteiger partial charge in [-0.15, -0.1) is 0 Å². The fraction of sp³-hybridized carbons (Fsp3) is 0.500. The Balaban J connectivity index is 2.69. The molecule has 0 aliphatic rings. The Kier molecular flexibility index (Phi) is 5.74. The average Bonchev–Trinajstić information content (AvgIpc) is 2.37. The van der Waals surface area contributed by atoms with Crippen LogP contribution in [0.25, 0.3) is 0 Å². The van der Waals surface area contributed by atoms with Crippen LogP contribution < -0.4 is 0 Å². The Morgan fingerprint density at radius 1 is 1.11 bits per heavy atom. The molecule has 0 aliphatic carbocycles. The van der Waals surface area contributed by atoms with Gasteiger partial charge in [-0.05, 0) is 17.9 Å². The van der Waals surface area contributed by atoms with Crippen molar-refractivity contribution in [2.75, 3.05) is 0 Å². The van der Waals surface area contributed by atoms with Crippen molar-refractivity contribution in [3.8, 4) is 0 Å². The van der Waals surface area contributed by atoms with E-state index in [9.17, 15) is 14.7 Å². The summed E-state index contributed by atoms with van der Waals surface area (Å²) in [4.78, 5) is 23.3. The molecule has 0 aliphatic heterocycles. The number of aliphatic carboxylic acids is 1. The van der Waals surface area contributed by atoms with Crippen LogP contribution in [0.3, 0.4) is 0 Å². The lowest BCUT2D eigenvalue weighted by Crippen LogP contribution is -2.25. The lowest BCUT2D eigenvalue weighted by molar-refractivity contribution is -0.144. The summed E-state index contributed by atoms with van der Waals surface area (Å²) in [6, 6.07) is 9.45. The molecule has 1 aromatic carbocycles. The summed E-state index contributed by atoms with van der Waals surface area (Å²) in [6.07, 6.45) is 0.524. The summed E-state index contributed by atoms with van der Waals surface area (Å²) in [5.41, 5.74) is 0.958. The minimum Gasteiger partial charge on any atom is -0.481 e. The molecule has 1 N–H and O–H groups in total. The quantitative estimate of drug-likeness (QED) is 0.821. The van der Waals surface area contributed by atoms with Crippen LogP contribution in [0.4, 0.5) is 0 Å². The smallest absolute Gasteiger partial charge is 0.307 e. The first kappa shape index (κ1) is 15.4. The number of rotatable bonds is 7. The van der Waals surface area contributed by atoms with Crippen LogP contribution in [0.15, 0.2) is 30.3 Å². The van der Waals surface area contributed by atoms with Gasteiger partial charge in [0, 0.05) is 12.3 Å². The minimum atomic E-state index is -0.895. The third kappa shape index (κ3) is 4.86. The van der Waals surface area contributed by atoms with Gasteiger partial charge in [-0.2, -0.15) is 0 Å². The van der Waals surface area contributed by atoms with E-state index in [-0.39, 0.29) is 24.0 Å². The van der Waals surface area contributed by atoms with Crippen molar-refractivity contribution in [1.29, 1.82) is 0 Å². The van der Waals surface area contributed by atoms with Crippen molar-refractivity contribution in [2.45, 2.75) is 33.6 Å². The number of carbonyl (C=O) groups excluding carboxylic acids is 1. The summed E-state index contributed by atoms with van der Waals surface area (Å²) >= 11 is 0. The highest BCUT2D eigenvalue weighted by atomic mass is 16.4. The Labute approximate surface area is 114 Å². The lowest BCUT2D eigenvalue weighted by atomic mass is 9.86. The molecule has 19 heavy (non-hydrogen) atoms. The van der Waals surface area contributed by atoms with Gasteiger partial charge >= 0.3 is 5.97 Å². The maximum absolute atomic E-state index is 12.0. The van der Waals surface area contributed by atoms with E-state index in [1.807, 2.05) is 51.1 Å². The van der Waals surface area contributed by atoms with Gasteiger partial charge in [0.05, 0.1) is 5.92 Å². The zero-order chi connectivity index (χ0) is 14.4. The van der Waals surface area contributed by atoms with Crippen LogP contribution in [-0.2, 0) is 16.0 Å². The van der Waals surface area contributed by atoms with Crippen LogP contribution in [-0.4, -0.2) is 16.9 Å². The number of carboxylic acids is 1. The molecule has 0 spiro atoms. The molecule has 0 heterocycles. The molecule has 2 atom stereocenters. The third-order valence-corrected chi connectivity index (χ3v) is 3.63. The number of carboxylic acid groups (broad SMARTS) is 1. The molecule has 0 saturated heterocycles. The summed E-state index contributed by atoms with van der Waals surface area (Å²) in [7, 11) is 0. The van der Waals surface area contributed by atoms with Crippen LogP contribution in [0, 0.1) is 17.8 Å². The van der Waals surface area contributed by atoms with Gasteiger partial charge in [-0.1, -0.05) is 51.1 Å². The standard InChI is InChI=1S/C16H22O3/c1-11(2)12(3)15(17)10-14(16(18)19)9-13-7-5-4-6-8-13/h4-8,11-12,14H,9-10H2,1-3H3,(H,18,19)/t12-,14+/m0/s1. The second-order valence-corrected chi connectivity index (χ2v) is 5.43. The molecule has 3 nitrogen and oxygen atoms in total. The Morgan fingerprint density at radius 2 is 1.68 bits per heavy atom. The fourth-order valence-electron chi connectivity index (χ4n) is 1.95. The predicted octanol–water partition coefficient (Wildman–Crippen LogP) is 3.18. The molecule has 0 amide bonds. The van der Waals surface area contributed by atoms with Crippen molar-refractivity contribution < 1.29 is 14.7 Å². The molecule has 0 fully saturated rings. The topological polar surface area (TPSA) is 54.4 Å². The number of carbonyl (C=O) groups is 2. The Hall–Kier alpha value is -1.64. The number of ketones is 1. The van der Waals surface area contributed by atoms with Crippen molar-refractivity contribution in [3.05, 3.63) is 35.9 Å². The second-order valence-electron chi connectivity index (χ2n) is 5.43. The highest BCUT2D eigenvalue weighted by Crippen LogP contribution is 2.19. The molecule has 0 saturated carbocycles. The maximum Gasteiger partial charge on any atom is 0.307 e. The molecular formula is C16H22O3. The normalized spacial score (nSPS) is 14.1. The van der Waals surface area contributed by atoms with Gasteiger partial charge in [-0.3, -0.25) is 9.59 Å². The van der Waals surface area contributed by atoms with Gasteiger partial charge in [0.25, 0.3) is 0 Å². The molecule has 3 heteroatoms. The molecule has 1 rings (SSSR count). The summed E-state index contributed by atoms with van der Waals surface area (Å²) in [5.74, 6) is -1.32. The van der Waals surface area contributed by atoms with Crippen molar-refractivity contribution in [2.24, 2.45) is 17.8 Å². The SMILES string of the molecule is CC(C)[C@H](C)C(=O)C[C@@H](Cc1ccccc1)C(=O)O. The number of hydrogen-bond acceptors (Lipinski definition) is 2. The second kappa shape index (κ2) is 7.07. The molecule has 0 radical (unpaired) electrons. The van der Waals surface area contributed by atoms with E-state index in [1.165, 1.54) is 0 Å². The maximum atomic E-state index is 12.0. The monoisotopic (exact) mass is 262 g/mol. The van der Waals surface area contributed by atoms with Gasteiger partial charge in [0.2, 0.25) is 0 Å². The van der Waals surface area contributed by atoms with Gasteiger partial charge in [0.15, 0.2) is 0 Å². The van der Waals surface area contributed by atoms with Crippen molar-refractivity contribution in [3.63, 3.8) is 0 Å². The van der Waals surface area contributed by atoms with Gasteiger partial charge in [-0.25, -0.2) is 0 Å². The molecule has 1 aromatic rings. The van der Waals surface area contributed by atoms with E-state index < -0.39 is 11.9 Å². The number of benzene rings is 1. The molecule has 0 unspecified atom stereocenters. The van der Waals surface area contributed by atoms with Crippen LogP contribution in [0.1, 0.15) is 32.8 Å². The lowest BCUT2D eigenvalue weighted by Gasteiger charge is -2.17. The van der Waals surface area contributed by atoms with E-state index in [0.717, 1.165) is 5.56 Å². The van der Waals surface area contributed by atoms with Crippen LogP contribution >= 0.6 is 0 Å². The van der Waals surface area contributed by atoms with E-state index in [4.69, 9.17) is 0 Å². The highest BCUT2D eigenvalue weighted by molar-refractivity contribution is 5.85. The Morgan fingerprint density at radius 3 is 2.16 bits per heavy atom. The first-order valence-electron chi connectivity index (χ1n) is 6.71. The molecular weight excluding hydrogens is 240 g/mol. The summed E-state index contributed by atoms with van der Waals surface area (Å²) in [5, 5.41) is 9.25. The Bertz CT molecular complexity index is 423. The van der Waals surface area contributed by atoms with Crippen molar-refractivity contribution in [1.82, 2.24) is 0 Å². The van der Waals surface area contributed by atoms with E-state index in [0.29, 0.717) is 6.42 Å². The molecule has 0 bridgehead atoms. The number of Topliss-reactive ketones (excluding diaryl/α,β-unsaturated/α-hetero) is 1. The van der Waals surface area contributed by atoms with Crippen LogP contribution in [0.5, 0.6) is 0 Å². The highest BCUT2D eigenvalue weighted by Gasteiger charge is 2.25. The minimum absolute atomic E-state index is 0.0401. The van der Waals surface area contributed by atoms with E-state index >= 15 is 0 Å². The zero-order valence-corrected chi connectivity index (χ0v) is 11.8. The largest absolute Gasteiger partial charge is 0.481 e. The third-order valence-electron chi connectivity index (χ3n) is 3.63.